The summed E-state index contributed by atoms with van der Waals surface area (Å²) >= 11 is 1.71. The number of ether oxygens (including phenoxy) is 2. The average molecular weight is 346 g/mol. The van der Waals surface area contributed by atoms with E-state index < -0.39 is 6.10 Å². The van der Waals surface area contributed by atoms with E-state index >= 15 is 0 Å². The van der Waals surface area contributed by atoms with Gasteiger partial charge in [0.05, 0.1) is 24.4 Å². The van der Waals surface area contributed by atoms with Crippen LogP contribution in [0.15, 0.2) is 35.7 Å². The molecule has 0 bridgehead atoms. The lowest BCUT2D eigenvalue weighted by Gasteiger charge is -2.30. The van der Waals surface area contributed by atoms with E-state index in [1.54, 1.807) is 11.3 Å². The summed E-state index contributed by atoms with van der Waals surface area (Å²) in [6.45, 7) is 2.66. The lowest BCUT2D eigenvalue weighted by molar-refractivity contribution is -0.160. The van der Waals surface area contributed by atoms with Crippen molar-refractivity contribution in [1.29, 1.82) is 0 Å². The number of aryl methyl sites for hydroxylation is 2. The van der Waals surface area contributed by atoms with E-state index in [1.807, 2.05) is 6.07 Å². The fourth-order valence-corrected chi connectivity index (χ4v) is 3.57. The lowest BCUT2D eigenvalue weighted by Crippen LogP contribution is -2.46. The van der Waals surface area contributed by atoms with Crippen molar-refractivity contribution in [3.63, 3.8) is 0 Å². The van der Waals surface area contributed by atoms with E-state index in [0.717, 1.165) is 36.6 Å². The molecule has 0 saturated carbocycles. The van der Waals surface area contributed by atoms with Crippen molar-refractivity contribution in [3.05, 3.63) is 52.0 Å². The summed E-state index contributed by atoms with van der Waals surface area (Å²) in [5, 5.41) is 3.27. The Kier molecular flexibility index (Phi) is 5.96. The van der Waals surface area contributed by atoms with E-state index in [2.05, 4.69) is 34.5 Å². The molecule has 2 heterocycles. The summed E-state index contributed by atoms with van der Waals surface area (Å²) in [6, 6.07) is 10.5. The summed E-state index contributed by atoms with van der Waals surface area (Å²) < 4.78 is 10.2. The third-order valence-corrected chi connectivity index (χ3v) is 5.03. The van der Waals surface area contributed by atoms with Crippen molar-refractivity contribution in [1.82, 2.24) is 9.88 Å². The predicted molar refractivity (Wildman–Crippen MR) is 93.0 cm³/mol. The molecule has 0 amide bonds. The highest BCUT2D eigenvalue weighted by Crippen LogP contribution is 2.16. The molecule has 1 aliphatic heterocycles. The van der Waals surface area contributed by atoms with Crippen LogP contribution in [0.5, 0.6) is 0 Å². The van der Waals surface area contributed by atoms with Crippen LogP contribution in [0, 0.1) is 0 Å². The van der Waals surface area contributed by atoms with Gasteiger partial charge in [-0.1, -0.05) is 30.3 Å². The lowest BCUT2D eigenvalue weighted by atomic mass is 10.1. The first-order valence-corrected chi connectivity index (χ1v) is 9.01. The van der Waals surface area contributed by atoms with Gasteiger partial charge in [-0.2, -0.15) is 0 Å². The molecule has 128 valence electrons. The Morgan fingerprint density at radius 3 is 3.00 bits per heavy atom. The summed E-state index contributed by atoms with van der Waals surface area (Å²) in [6.07, 6.45) is 1.48. The van der Waals surface area contributed by atoms with Gasteiger partial charge in [0.2, 0.25) is 0 Å². The number of methoxy groups -OCH3 is 1. The maximum Gasteiger partial charge on any atom is 0.336 e. The molecular weight excluding hydrogens is 324 g/mol. The molecule has 1 aromatic carbocycles. The minimum atomic E-state index is -0.486. The monoisotopic (exact) mass is 346 g/mol. The zero-order valence-corrected chi connectivity index (χ0v) is 14.6. The highest BCUT2D eigenvalue weighted by Gasteiger charge is 2.27. The number of morpholine rings is 1. The van der Waals surface area contributed by atoms with Crippen molar-refractivity contribution < 1.29 is 14.3 Å². The number of carbonyl (C=O) groups excluding carboxylic acids is 1. The van der Waals surface area contributed by atoms with Crippen LogP contribution in [0.4, 0.5) is 0 Å². The second-order valence-corrected chi connectivity index (χ2v) is 6.78. The van der Waals surface area contributed by atoms with E-state index in [-0.39, 0.29) is 5.97 Å². The number of rotatable bonds is 6. The largest absolute Gasteiger partial charge is 0.467 e. The van der Waals surface area contributed by atoms with Crippen molar-refractivity contribution in [2.24, 2.45) is 0 Å². The summed E-state index contributed by atoms with van der Waals surface area (Å²) in [7, 11) is 1.39. The van der Waals surface area contributed by atoms with Crippen LogP contribution in [-0.2, 0) is 33.7 Å². The number of carbonyl (C=O) groups is 1. The molecule has 0 radical (unpaired) electrons. The molecule has 0 unspecified atom stereocenters. The number of aromatic nitrogens is 1. The van der Waals surface area contributed by atoms with Gasteiger partial charge in [0, 0.05) is 31.4 Å². The molecule has 1 atom stereocenters. The Morgan fingerprint density at radius 1 is 1.38 bits per heavy atom. The second kappa shape index (κ2) is 8.37. The topological polar surface area (TPSA) is 51.7 Å². The molecule has 1 saturated heterocycles. The standard InChI is InChI=1S/C18H22N2O3S/c1-22-18(21)16-12-20(9-10-23-16)11-15-13-24-17(19-15)8-7-14-5-3-2-4-6-14/h2-6,13,16H,7-12H2,1H3/t16-/m1/s1. The molecule has 0 spiro atoms. The first-order valence-electron chi connectivity index (χ1n) is 8.13. The first kappa shape index (κ1) is 17.1. The van der Waals surface area contributed by atoms with Crippen LogP contribution in [-0.4, -0.2) is 48.8 Å². The Hall–Kier alpha value is -1.76. The average Bonchev–Trinajstić information content (AvgIpc) is 3.08. The molecular formula is C18H22N2O3S. The molecule has 1 fully saturated rings. The van der Waals surface area contributed by atoms with Crippen molar-refractivity contribution in [2.45, 2.75) is 25.5 Å². The zero-order valence-electron chi connectivity index (χ0n) is 13.8. The quantitative estimate of drug-likeness (QED) is 0.751. The van der Waals surface area contributed by atoms with Gasteiger partial charge >= 0.3 is 5.97 Å². The summed E-state index contributed by atoms with van der Waals surface area (Å²) in [5.41, 5.74) is 2.40. The molecule has 2 aromatic rings. The number of nitrogens with zero attached hydrogens (tertiary/aromatic N) is 2. The van der Waals surface area contributed by atoms with Crippen molar-refractivity contribution in [2.75, 3.05) is 26.8 Å². The number of benzene rings is 1. The van der Waals surface area contributed by atoms with Gasteiger partial charge in [-0.15, -0.1) is 11.3 Å². The highest BCUT2D eigenvalue weighted by molar-refractivity contribution is 7.09. The zero-order chi connectivity index (χ0) is 16.8. The highest BCUT2D eigenvalue weighted by atomic mass is 32.1. The Morgan fingerprint density at radius 2 is 2.21 bits per heavy atom. The summed E-state index contributed by atoms with van der Waals surface area (Å²) in [4.78, 5) is 18.5. The molecule has 0 N–H and O–H groups in total. The predicted octanol–water partition coefficient (Wildman–Crippen LogP) is 2.30. The van der Waals surface area contributed by atoms with Gasteiger partial charge in [-0.3, -0.25) is 4.90 Å². The molecule has 24 heavy (non-hydrogen) atoms. The van der Waals surface area contributed by atoms with Crippen LogP contribution in [0.1, 0.15) is 16.3 Å². The normalized spacial score (nSPS) is 18.5. The first-order chi connectivity index (χ1) is 11.7. The van der Waals surface area contributed by atoms with Crippen LogP contribution >= 0.6 is 11.3 Å². The van der Waals surface area contributed by atoms with Gasteiger partial charge in [0.15, 0.2) is 6.10 Å². The SMILES string of the molecule is COC(=O)[C@H]1CN(Cc2csc(CCc3ccccc3)n2)CCO1. The number of thiazole rings is 1. The Bertz CT molecular complexity index is 659. The third-order valence-electron chi connectivity index (χ3n) is 4.07. The Labute approximate surface area is 146 Å². The number of hydrogen-bond acceptors (Lipinski definition) is 6. The third kappa shape index (κ3) is 4.63. The van der Waals surface area contributed by atoms with E-state index in [9.17, 15) is 4.79 Å². The van der Waals surface area contributed by atoms with E-state index in [4.69, 9.17) is 14.5 Å². The van der Waals surface area contributed by atoms with Crippen LogP contribution in [0.25, 0.3) is 0 Å². The van der Waals surface area contributed by atoms with Crippen LogP contribution in [0.2, 0.25) is 0 Å². The second-order valence-electron chi connectivity index (χ2n) is 5.84. The number of esters is 1. The molecule has 5 nitrogen and oxygen atoms in total. The molecule has 1 aromatic heterocycles. The minimum Gasteiger partial charge on any atom is -0.467 e. The maximum absolute atomic E-state index is 11.6. The molecule has 1 aliphatic rings. The molecule has 0 aliphatic carbocycles. The van der Waals surface area contributed by atoms with Crippen LogP contribution < -0.4 is 0 Å². The van der Waals surface area contributed by atoms with Gasteiger partial charge in [-0.05, 0) is 12.0 Å². The van der Waals surface area contributed by atoms with E-state index in [0.29, 0.717) is 13.2 Å². The number of hydrogen-bond donors (Lipinski definition) is 0. The Balaban J connectivity index is 1.51. The van der Waals surface area contributed by atoms with Crippen LogP contribution in [0.3, 0.4) is 0 Å². The fourth-order valence-electron chi connectivity index (χ4n) is 2.78. The minimum absolute atomic E-state index is 0.304. The molecule has 3 rings (SSSR count). The van der Waals surface area contributed by atoms with Gasteiger partial charge < -0.3 is 9.47 Å². The molecule has 6 heteroatoms. The maximum atomic E-state index is 11.6. The summed E-state index contributed by atoms with van der Waals surface area (Å²) in [5.74, 6) is -0.304. The smallest absolute Gasteiger partial charge is 0.336 e. The van der Waals surface area contributed by atoms with Gasteiger partial charge in [0.25, 0.3) is 0 Å². The van der Waals surface area contributed by atoms with Gasteiger partial charge in [-0.25, -0.2) is 9.78 Å². The van der Waals surface area contributed by atoms with Gasteiger partial charge in [0.1, 0.15) is 0 Å². The van der Waals surface area contributed by atoms with E-state index in [1.165, 1.54) is 12.7 Å². The fraction of sp³-hybridized carbons (Fsp3) is 0.444. The van der Waals surface area contributed by atoms with Crippen molar-refractivity contribution >= 4 is 17.3 Å². The van der Waals surface area contributed by atoms with Crippen molar-refractivity contribution in [3.8, 4) is 0 Å².